The van der Waals surface area contributed by atoms with Crippen LogP contribution in [-0.2, 0) is 19.9 Å². The van der Waals surface area contributed by atoms with Crippen molar-refractivity contribution in [1.29, 1.82) is 0 Å². The maximum Gasteiger partial charge on any atom is 0.265 e. The number of sulfone groups is 1. The summed E-state index contributed by atoms with van der Waals surface area (Å²) < 4.78 is 54.2. The Morgan fingerprint density at radius 3 is 2.54 bits per heavy atom. The van der Waals surface area contributed by atoms with E-state index in [1.807, 2.05) is 30.3 Å². The van der Waals surface area contributed by atoms with E-state index in [9.17, 15) is 16.8 Å². The SMILES string of the molecule is Cc1nn([C@H]2CCS(=O)(=O)C2)c(C)c1S(=O)(=O)Nc1cccc2ccccc12. The normalized spacial score (nSPS) is 19.1. The predicted molar refractivity (Wildman–Crippen MR) is 109 cm³/mol. The molecule has 1 aliphatic heterocycles. The summed E-state index contributed by atoms with van der Waals surface area (Å²) in [5, 5.41) is 6.10. The summed E-state index contributed by atoms with van der Waals surface area (Å²) in [6.07, 6.45) is 0.445. The van der Waals surface area contributed by atoms with E-state index in [0.29, 0.717) is 23.5 Å². The van der Waals surface area contributed by atoms with Gasteiger partial charge in [0.2, 0.25) is 0 Å². The molecule has 0 bridgehead atoms. The number of nitrogens with one attached hydrogen (secondary N) is 1. The fourth-order valence-corrected chi connectivity index (χ4v) is 7.04. The highest BCUT2D eigenvalue weighted by Crippen LogP contribution is 2.31. The number of rotatable bonds is 4. The van der Waals surface area contributed by atoms with Gasteiger partial charge in [-0.25, -0.2) is 16.8 Å². The largest absolute Gasteiger partial charge is 0.279 e. The van der Waals surface area contributed by atoms with Crippen molar-refractivity contribution >= 4 is 36.3 Å². The van der Waals surface area contributed by atoms with Gasteiger partial charge in [-0.1, -0.05) is 36.4 Å². The second-order valence-corrected chi connectivity index (χ2v) is 11.0. The Morgan fingerprint density at radius 2 is 1.82 bits per heavy atom. The van der Waals surface area contributed by atoms with Gasteiger partial charge in [0, 0.05) is 5.39 Å². The molecule has 0 radical (unpaired) electrons. The van der Waals surface area contributed by atoms with Crippen molar-refractivity contribution in [2.24, 2.45) is 0 Å². The van der Waals surface area contributed by atoms with E-state index >= 15 is 0 Å². The Bertz CT molecular complexity index is 1270. The van der Waals surface area contributed by atoms with E-state index in [0.717, 1.165) is 10.8 Å². The average Bonchev–Trinajstić information content (AvgIpc) is 3.13. The third kappa shape index (κ3) is 3.29. The highest BCUT2D eigenvalue weighted by atomic mass is 32.2. The van der Waals surface area contributed by atoms with Gasteiger partial charge in [-0.15, -0.1) is 0 Å². The monoisotopic (exact) mass is 419 g/mol. The summed E-state index contributed by atoms with van der Waals surface area (Å²) >= 11 is 0. The highest BCUT2D eigenvalue weighted by molar-refractivity contribution is 7.93. The Morgan fingerprint density at radius 1 is 1.11 bits per heavy atom. The minimum atomic E-state index is -3.89. The summed E-state index contributed by atoms with van der Waals surface area (Å²) in [7, 11) is -6.98. The number of benzene rings is 2. The van der Waals surface area contributed by atoms with E-state index < -0.39 is 19.9 Å². The summed E-state index contributed by atoms with van der Waals surface area (Å²) in [5.74, 6) is 0.0948. The summed E-state index contributed by atoms with van der Waals surface area (Å²) in [6.45, 7) is 3.30. The zero-order valence-electron chi connectivity index (χ0n) is 15.6. The maximum absolute atomic E-state index is 13.2. The first-order valence-corrected chi connectivity index (χ1v) is 12.3. The van der Waals surface area contributed by atoms with Crippen LogP contribution in [0.25, 0.3) is 10.8 Å². The van der Waals surface area contributed by atoms with Gasteiger partial charge in [-0.3, -0.25) is 9.40 Å². The van der Waals surface area contributed by atoms with Crippen LogP contribution >= 0.6 is 0 Å². The van der Waals surface area contributed by atoms with E-state index in [2.05, 4.69) is 9.82 Å². The van der Waals surface area contributed by atoms with Crippen LogP contribution in [0, 0.1) is 13.8 Å². The maximum atomic E-state index is 13.2. The molecule has 1 atom stereocenters. The number of hydrogen-bond donors (Lipinski definition) is 1. The molecule has 148 valence electrons. The lowest BCUT2D eigenvalue weighted by molar-refractivity contribution is 0.484. The molecule has 1 aliphatic rings. The molecule has 0 spiro atoms. The lowest BCUT2D eigenvalue weighted by atomic mass is 10.1. The van der Waals surface area contributed by atoms with E-state index in [1.54, 1.807) is 30.7 Å². The second-order valence-electron chi connectivity index (χ2n) is 7.13. The van der Waals surface area contributed by atoms with Crippen LogP contribution in [-0.4, -0.2) is 38.1 Å². The van der Waals surface area contributed by atoms with Crippen LogP contribution in [0.5, 0.6) is 0 Å². The van der Waals surface area contributed by atoms with Crippen LogP contribution in [0.1, 0.15) is 23.9 Å². The third-order valence-corrected chi connectivity index (χ3v) is 8.48. The quantitative estimate of drug-likeness (QED) is 0.701. The van der Waals surface area contributed by atoms with Gasteiger partial charge < -0.3 is 0 Å². The summed E-state index contributed by atoms with van der Waals surface area (Å²) in [4.78, 5) is 0.102. The van der Waals surface area contributed by atoms with Crippen molar-refractivity contribution in [3.63, 3.8) is 0 Å². The lowest BCUT2D eigenvalue weighted by Gasteiger charge is -2.13. The van der Waals surface area contributed by atoms with Crippen molar-refractivity contribution in [3.8, 4) is 0 Å². The molecule has 0 saturated carbocycles. The Balaban J connectivity index is 1.74. The highest BCUT2D eigenvalue weighted by Gasteiger charge is 2.33. The van der Waals surface area contributed by atoms with Gasteiger partial charge in [0.05, 0.1) is 34.6 Å². The molecule has 2 aromatic carbocycles. The fraction of sp³-hybridized carbons (Fsp3) is 0.316. The van der Waals surface area contributed by atoms with Gasteiger partial charge in [0.15, 0.2) is 9.84 Å². The van der Waals surface area contributed by atoms with Crippen LogP contribution in [0.2, 0.25) is 0 Å². The van der Waals surface area contributed by atoms with Crippen molar-refractivity contribution in [3.05, 3.63) is 53.9 Å². The zero-order valence-corrected chi connectivity index (χ0v) is 17.2. The van der Waals surface area contributed by atoms with Gasteiger partial charge in [0.1, 0.15) is 4.90 Å². The first-order valence-electron chi connectivity index (χ1n) is 8.95. The smallest absolute Gasteiger partial charge is 0.265 e. The summed E-state index contributed by atoms with van der Waals surface area (Å²) in [6, 6.07) is 12.6. The topological polar surface area (TPSA) is 98.1 Å². The molecule has 1 saturated heterocycles. The molecular formula is C19H21N3O4S2. The first-order chi connectivity index (χ1) is 13.2. The molecule has 1 N–H and O–H groups in total. The minimum absolute atomic E-state index is 0.00873. The third-order valence-electron chi connectivity index (χ3n) is 5.12. The number of aryl methyl sites for hydroxylation is 1. The second kappa shape index (κ2) is 6.59. The molecule has 7 nitrogen and oxygen atoms in total. The van der Waals surface area contributed by atoms with Gasteiger partial charge in [-0.05, 0) is 31.7 Å². The molecule has 2 heterocycles. The molecule has 3 aromatic rings. The molecule has 4 rings (SSSR count). The van der Waals surface area contributed by atoms with Crippen LogP contribution in [0.4, 0.5) is 5.69 Å². The van der Waals surface area contributed by atoms with Crippen LogP contribution < -0.4 is 4.72 Å². The van der Waals surface area contributed by atoms with Crippen LogP contribution in [0.15, 0.2) is 47.4 Å². The molecular weight excluding hydrogens is 398 g/mol. The number of aromatic nitrogens is 2. The zero-order chi connectivity index (χ0) is 20.1. The predicted octanol–water partition coefficient (Wildman–Crippen LogP) is 2.81. The van der Waals surface area contributed by atoms with Crippen molar-refractivity contribution < 1.29 is 16.8 Å². The van der Waals surface area contributed by atoms with Crippen LogP contribution in [0.3, 0.4) is 0 Å². The summed E-state index contributed by atoms with van der Waals surface area (Å²) in [5.41, 5.74) is 1.30. The molecule has 1 aromatic heterocycles. The number of anilines is 1. The minimum Gasteiger partial charge on any atom is -0.279 e. The first kappa shape index (κ1) is 18.9. The lowest BCUT2D eigenvalue weighted by Crippen LogP contribution is -2.17. The molecule has 0 unspecified atom stereocenters. The van der Waals surface area contributed by atoms with E-state index in [4.69, 9.17) is 0 Å². The molecule has 0 amide bonds. The Hall–Kier alpha value is -2.39. The number of nitrogens with zero attached hydrogens (tertiary/aromatic N) is 2. The average molecular weight is 420 g/mol. The fourth-order valence-electron chi connectivity index (χ4n) is 3.87. The van der Waals surface area contributed by atoms with Crippen molar-refractivity contribution in [1.82, 2.24) is 9.78 Å². The Kier molecular flexibility index (Phi) is 4.46. The number of sulfonamides is 1. The Labute approximate surface area is 164 Å². The van der Waals surface area contributed by atoms with Crippen molar-refractivity contribution in [2.75, 3.05) is 16.2 Å². The standard InChI is InChI=1S/C19H21N3O4S2/c1-13-19(14(2)22(20-13)16-10-11-27(23,24)12-16)28(25,26)21-18-9-5-7-15-6-3-4-8-17(15)18/h3-9,16,21H,10-12H2,1-2H3/t16-/m0/s1. The van der Waals surface area contributed by atoms with Gasteiger partial charge in [-0.2, -0.15) is 5.10 Å². The molecule has 1 fully saturated rings. The molecule has 28 heavy (non-hydrogen) atoms. The van der Waals surface area contributed by atoms with E-state index in [-0.39, 0.29) is 22.4 Å². The molecule has 0 aliphatic carbocycles. The van der Waals surface area contributed by atoms with E-state index in [1.165, 1.54) is 0 Å². The van der Waals surface area contributed by atoms with Gasteiger partial charge in [0.25, 0.3) is 10.0 Å². The van der Waals surface area contributed by atoms with Gasteiger partial charge >= 0.3 is 0 Å². The molecule has 9 heteroatoms. The van der Waals surface area contributed by atoms with Crippen molar-refractivity contribution in [2.45, 2.75) is 31.2 Å². The number of hydrogen-bond acceptors (Lipinski definition) is 5. The number of fused-ring (bicyclic) bond motifs is 1.